The number of primary amides is 1. The summed E-state index contributed by atoms with van der Waals surface area (Å²) in [4.78, 5) is 25.4. The Morgan fingerprint density at radius 2 is 1.95 bits per heavy atom. The number of carbonyl (C=O) groups is 2. The van der Waals surface area contributed by atoms with E-state index in [-0.39, 0.29) is 17.7 Å². The first-order valence-corrected chi connectivity index (χ1v) is 6.80. The molecule has 1 aliphatic heterocycles. The van der Waals surface area contributed by atoms with Gasteiger partial charge in [0.15, 0.2) is 5.78 Å². The van der Waals surface area contributed by atoms with Gasteiger partial charge in [-0.1, -0.05) is 36.8 Å². The van der Waals surface area contributed by atoms with Crippen molar-refractivity contribution in [1.82, 2.24) is 4.90 Å². The Balaban J connectivity index is 1.90. The second-order valence-electron chi connectivity index (χ2n) is 4.99. The first kappa shape index (κ1) is 13.7. The minimum Gasteiger partial charge on any atom is -0.368 e. The van der Waals surface area contributed by atoms with Gasteiger partial charge in [0.2, 0.25) is 5.91 Å². The van der Waals surface area contributed by atoms with E-state index in [0.717, 1.165) is 31.4 Å². The van der Waals surface area contributed by atoms with Crippen molar-refractivity contribution in [3.8, 4) is 0 Å². The maximum Gasteiger partial charge on any atom is 0.234 e. The lowest BCUT2D eigenvalue weighted by atomic mass is 10.0. The van der Waals surface area contributed by atoms with Gasteiger partial charge in [-0.2, -0.15) is 0 Å². The minimum absolute atomic E-state index is 0.120. The van der Waals surface area contributed by atoms with Crippen LogP contribution in [0.2, 0.25) is 0 Å². The fourth-order valence-corrected chi connectivity index (χ4v) is 2.59. The molecule has 2 N–H and O–H groups in total. The van der Waals surface area contributed by atoms with Crippen molar-refractivity contribution >= 4 is 11.7 Å². The van der Waals surface area contributed by atoms with Crippen LogP contribution in [0.15, 0.2) is 30.3 Å². The molecule has 19 heavy (non-hydrogen) atoms. The average Bonchev–Trinajstić information content (AvgIpc) is 2.46. The molecule has 1 unspecified atom stereocenters. The summed E-state index contributed by atoms with van der Waals surface area (Å²) in [5, 5.41) is 0. The largest absolute Gasteiger partial charge is 0.368 e. The topological polar surface area (TPSA) is 63.4 Å². The van der Waals surface area contributed by atoms with Gasteiger partial charge >= 0.3 is 0 Å². The number of benzene rings is 1. The number of likely N-dealkylation sites (tertiary alicyclic amines) is 1. The molecule has 4 heteroatoms. The second-order valence-corrected chi connectivity index (χ2v) is 4.99. The smallest absolute Gasteiger partial charge is 0.234 e. The lowest BCUT2D eigenvalue weighted by Gasteiger charge is -2.33. The fourth-order valence-electron chi connectivity index (χ4n) is 2.59. The zero-order valence-electron chi connectivity index (χ0n) is 11.0. The molecule has 102 valence electrons. The molecule has 1 aromatic carbocycles. The lowest BCUT2D eigenvalue weighted by molar-refractivity contribution is -0.124. The van der Waals surface area contributed by atoms with Crippen molar-refractivity contribution in [2.75, 3.05) is 13.1 Å². The molecule has 0 spiro atoms. The summed E-state index contributed by atoms with van der Waals surface area (Å²) in [7, 11) is 0. The quantitative estimate of drug-likeness (QED) is 0.818. The highest BCUT2D eigenvalue weighted by atomic mass is 16.1. The van der Waals surface area contributed by atoms with E-state index in [9.17, 15) is 9.59 Å². The van der Waals surface area contributed by atoms with Gasteiger partial charge in [-0.3, -0.25) is 14.5 Å². The molecule has 1 amide bonds. The van der Waals surface area contributed by atoms with Gasteiger partial charge in [-0.05, 0) is 19.4 Å². The number of ketones is 1. The molecule has 4 nitrogen and oxygen atoms in total. The third kappa shape index (κ3) is 3.64. The zero-order chi connectivity index (χ0) is 13.7. The summed E-state index contributed by atoms with van der Waals surface area (Å²) >= 11 is 0. The first-order chi connectivity index (χ1) is 9.18. The van der Waals surface area contributed by atoms with Crippen molar-refractivity contribution in [2.24, 2.45) is 5.73 Å². The van der Waals surface area contributed by atoms with Crippen LogP contribution in [0.3, 0.4) is 0 Å². The van der Waals surface area contributed by atoms with Crippen LogP contribution in [0.4, 0.5) is 0 Å². The Bertz CT molecular complexity index is 445. The molecule has 1 aromatic rings. The van der Waals surface area contributed by atoms with Crippen LogP contribution in [0.5, 0.6) is 0 Å². The monoisotopic (exact) mass is 260 g/mol. The highest BCUT2D eigenvalue weighted by molar-refractivity contribution is 5.96. The zero-order valence-corrected chi connectivity index (χ0v) is 11.0. The van der Waals surface area contributed by atoms with E-state index in [1.807, 2.05) is 35.2 Å². The van der Waals surface area contributed by atoms with E-state index in [4.69, 9.17) is 5.73 Å². The van der Waals surface area contributed by atoms with Crippen molar-refractivity contribution in [1.29, 1.82) is 0 Å². The molecule has 0 radical (unpaired) electrons. The molecule has 1 heterocycles. The third-order valence-corrected chi connectivity index (χ3v) is 3.66. The summed E-state index contributed by atoms with van der Waals surface area (Å²) in [6, 6.07) is 9.07. The van der Waals surface area contributed by atoms with Crippen molar-refractivity contribution in [2.45, 2.75) is 31.7 Å². The Morgan fingerprint density at radius 1 is 1.21 bits per heavy atom. The molecule has 0 aliphatic carbocycles. The molecule has 0 bridgehead atoms. The summed E-state index contributed by atoms with van der Waals surface area (Å²) in [5.74, 6) is -0.152. The van der Waals surface area contributed by atoms with Gasteiger partial charge in [0, 0.05) is 18.5 Å². The van der Waals surface area contributed by atoms with Gasteiger partial charge in [-0.15, -0.1) is 0 Å². The SMILES string of the molecule is NC(=O)C1CCCCN1CCC(=O)c1ccccc1. The number of hydrogen-bond donors (Lipinski definition) is 1. The molecule has 1 fully saturated rings. The van der Waals surface area contributed by atoms with Gasteiger partial charge in [0.1, 0.15) is 0 Å². The Labute approximate surface area is 113 Å². The van der Waals surface area contributed by atoms with Gasteiger partial charge in [-0.25, -0.2) is 0 Å². The second kappa shape index (κ2) is 6.48. The number of nitrogens with two attached hydrogens (primary N) is 1. The van der Waals surface area contributed by atoms with Crippen LogP contribution >= 0.6 is 0 Å². The third-order valence-electron chi connectivity index (χ3n) is 3.66. The van der Waals surface area contributed by atoms with E-state index < -0.39 is 0 Å². The first-order valence-electron chi connectivity index (χ1n) is 6.80. The number of nitrogens with zero attached hydrogens (tertiary/aromatic N) is 1. The molecule has 1 atom stereocenters. The van der Waals surface area contributed by atoms with E-state index in [1.54, 1.807) is 0 Å². The van der Waals surface area contributed by atoms with Gasteiger partial charge in [0.25, 0.3) is 0 Å². The van der Waals surface area contributed by atoms with E-state index in [0.29, 0.717) is 13.0 Å². The molecule has 2 rings (SSSR count). The van der Waals surface area contributed by atoms with E-state index >= 15 is 0 Å². The molecule has 1 saturated heterocycles. The van der Waals surface area contributed by atoms with Crippen LogP contribution in [-0.4, -0.2) is 35.7 Å². The Kier molecular flexibility index (Phi) is 4.68. The Morgan fingerprint density at radius 3 is 2.63 bits per heavy atom. The van der Waals surface area contributed by atoms with Crippen molar-refractivity contribution in [3.63, 3.8) is 0 Å². The maximum absolute atomic E-state index is 12.0. The lowest BCUT2D eigenvalue weighted by Crippen LogP contribution is -2.48. The Hall–Kier alpha value is -1.68. The number of Topliss-reactive ketones (excluding diaryl/α,β-unsaturated/α-hetero) is 1. The average molecular weight is 260 g/mol. The summed E-state index contributed by atoms with van der Waals surface area (Å²) in [6.07, 6.45) is 3.36. The summed E-state index contributed by atoms with van der Waals surface area (Å²) in [6.45, 7) is 1.47. The molecule has 0 saturated carbocycles. The van der Waals surface area contributed by atoms with Gasteiger partial charge in [0.05, 0.1) is 6.04 Å². The fraction of sp³-hybridized carbons (Fsp3) is 0.467. The van der Waals surface area contributed by atoms with Crippen LogP contribution in [-0.2, 0) is 4.79 Å². The normalized spacial score (nSPS) is 20.1. The number of rotatable bonds is 5. The van der Waals surface area contributed by atoms with Crippen LogP contribution < -0.4 is 5.73 Å². The number of amides is 1. The van der Waals surface area contributed by atoms with Crippen molar-refractivity contribution in [3.05, 3.63) is 35.9 Å². The van der Waals surface area contributed by atoms with Crippen LogP contribution in [0.1, 0.15) is 36.0 Å². The van der Waals surface area contributed by atoms with E-state index in [2.05, 4.69) is 0 Å². The van der Waals surface area contributed by atoms with Crippen LogP contribution in [0.25, 0.3) is 0 Å². The van der Waals surface area contributed by atoms with Crippen molar-refractivity contribution < 1.29 is 9.59 Å². The molecular weight excluding hydrogens is 240 g/mol. The number of piperidine rings is 1. The molecule has 1 aliphatic rings. The predicted molar refractivity (Wildman–Crippen MR) is 73.8 cm³/mol. The number of carbonyl (C=O) groups excluding carboxylic acids is 2. The maximum atomic E-state index is 12.0. The molecule has 0 aromatic heterocycles. The standard InChI is InChI=1S/C15H20N2O2/c16-15(19)13-8-4-5-10-17(13)11-9-14(18)12-6-2-1-3-7-12/h1-3,6-7,13H,4-5,8-11H2,(H2,16,19). The minimum atomic E-state index is -0.271. The van der Waals surface area contributed by atoms with E-state index in [1.165, 1.54) is 0 Å². The highest BCUT2D eigenvalue weighted by Crippen LogP contribution is 2.17. The molecular formula is C15H20N2O2. The summed E-state index contributed by atoms with van der Waals surface area (Å²) < 4.78 is 0. The van der Waals surface area contributed by atoms with Crippen LogP contribution in [0, 0.1) is 0 Å². The number of hydrogen-bond acceptors (Lipinski definition) is 3. The summed E-state index contributed by atoms with van der Waals surface area (Å²) in [5.41, 5.74) is 6.14. The van der Waals surface area contributed by atoms with Gasteiger partial charge < -0.3 is 5.73 Å². The predicted octanol–water partition coefficient (Wildman–Crippen LogP) is 1.60. The highest BCUT2D eigenvalue weighted by Gasteiger charge is 2.26.